The van der Waals surface area contributed by atoms with E-state index in [4.69, 9.17) is 4.74 Å². The predicted molar refractivity (Wildman–Crippen MR) is 114 cm³/mol. The van der Waals surface area contributed by atoms with Crippen LogP contribution >= 0.6 is 0 Å². The van der Waals surface area contributed by atoms with Crippen LogP contribution in [0, 0.1) is 12.8 Å². The third-order valence-corrected chi connectivity index (χ3v) is 4.62. The average molecular weight is 433 g/mol. The summed E-state index contributed by atoms with van der Waals surface area (Å²) in [4.78, 5) is 33.2. The van der Waals surface area contributed by atoms with Gasteiger partial charge < -0.3 is 10.1 Å². The van der Waals surface area contributed by atoms with Gasteiger partial charge in [-0.15, -0.1) is 0 Å². The molecule has 2 aromatic heterocycles. The summed E-state index contributed by atoms with van der Waals surface area (Å²) in [6.45, 7) is 8.75. The van der Waals surface area contributed by atoms with E-state index in [-0.39, 0.29) is 42.4 Å². The van der Waals surface area contributed by atoms with E-state index in [0.717, 1.165) is 5.56 Å². The smallest absolute Gasteiger partial charge is 0.272 e. The normalized spacial score (nSPS) is 11.3. The summed E-state index contributed by atoms with van der Waals surface area (Å²) in [6, 6.07) is 5.09. The van der Waals surface area contributed by atoms with Gasteiger partial charge in [0.25, 0.3) is 12.3 Å². The van der Waals surface area contributed by atoms with Crippen molar-refractivity contribution in [3.63, 3.8) is 0 Å². The molecule has 2 aromatic rings. The molecule has 0 aliphatic carbocycles. The van der Waals surface area contributed by atoms with Gasteiger partial charge in [0.1, 0.15) is 5.78 Å². The number of halogens is 2. The second kappa shape index (κ2) is 10.9. The maximum Gasteiger partial charge on any atom is 0.272 e. The molecular weight excluding hydrogens is 404 g/mol. The number of ketones is 1. The van der Waals surface area contributed by atoms with Crippen LogP contribution in [-0.2, 0) is 17.8 Å². The van der Waals surface area contributed by atoms with Crippen LogP contribution in [-0.4, -0.2) is 34.7 Å². The van der Waals surface area contributed by atoms with Crippen LogP contribution < -0.4 is 10.1 Å². The Hall–Kier alpha value is -2.90. The molecule has 168 valence electrons. The Bertz CT molecular complexity index is 930. The zero-order valence-corrected chi connectivity index (χ0v) is 18.5. The summed E-state index contributed by atoms with van der Waals surface area (Å²) < 4.78 is 30.0. The molecule has 0 spiro atoms. The lowest BCUT2D eigenvalue weighted by Gasteiger charge is -2.15. The van der Waals surface area contributed by atoms with Gasteiger partial charge in [-0.3, -0.25) is 14.6 Å². The third kappa shape index (κ3) is 7.38. The number of aromatic nitrogens is 2. The standard InChI is InChI=1S/C23H29F2N3O3/c1-13(2)19-7-16(11-27-23(19)31-12-21(24)25)10-26-22(30)17-6-15(5)28-18(8-17)9-20(29)14(3)4/h6-8,11,13-14,21H,9-10,12H2,1-5H3,(H,26,30). The monoisotopic (exact) mass is 433 g/mol. The van der Waals surface area contributed by atoms with Crippen molar-refractivity contribution in [2.75, 3.05) is 6.61 Å². The van der Waals surface area contributed by atoms with Crippen molar-refractivity contribution in [2.45, 2.75) is 59.9 Å². The summed E-state index contributed by atoms with van der Waals surface area (Å²) in [5, 5.41) is 2.83. The summed E-state index contributed by atoms with van der Waals surface area (Å²) >= 11 is 0. The number of nitrogens with one attached hydrogen (secondary N) is 1. The lowest BCUT2D eigenvalue weighted by molar-refractivity contribution is -0.121. The molecule has 0 aromatic carbocycles. The third-order valence-electron chi connectivity index (χ3n) is 4.62. The molecule has 0 saturated carbocycles. The van der Waals surface area contributed by atoms with Gasteiger partial charge in [0.2, 0.25) is 5.88 Å². The number of hydrogen-bond acceptors (Lipinski definition) is 5. The molecule has 0 saturated heterocycles. The zero-order valence-electron chi connectivity index (χ0n) is 18.5. The number of rotatable bonds is 10. The number of ether oxygens (including phenoxy) is 1. The van der Waals surface area contributed by atoms with Crippen LogP contribution in [0.4, 0.5) is 8.78 Å². The SMILES string of the molecule is Cc1cc(C(=O)NCc2cnc(OCC(F)F)c(C(C)C)c2)cc(CC(=O)C(C)C)n1. The Morgan fingerprint density at radius 1 is 1.13 bits per heavy atom. The molecule has 0 aliphatic rings. The van der Waals surface area contributed by atoms with E-state index in [1.54, 1.807) is 25.1 Å². The molecule has 0 fully saturated rings. The number of carbonyl (C=O) groups is 2. The van der Waals surface area contributed by atoms with Crippen LogP contribution in [0.5, 0.6) is 5.88 Å². The molecular formula is C23H29F2N3O3. The topological polar surface area (TPSA) is 81.2 Å². The first-order chi connectivity index (χ1) is 14.6. The Morgan fingerprint density at radius 3 is 2.45 bits per heavy atom. The lowest BCUT2D eigenvalue weighted by Crippen LogP contribution is -2.24. The highest BCUT2D eigenvalue weighted by Gasteiger charge is 2.15. The Labute approximate surface area is 181 Å². The van der Waals surface area contributed by atoms with E-state index in [9.17, 15) is 18.4 Å². The highest BCUT2D eigenvalue weighted by molar-refractivity contribution is 5.94. The maximum absolute atomic E-state index is 12.7. The van der Waals surface area contributed by atoms with E-state index in [1.165, 1.54) is 6.20 Å². The second-order valence-corrected chi connectivity index (χ2v) is 8.06. The first kappa shape index (κ1) is 24.4. The van der Waals surface area contributed by atoms with E-state index in [1.807, 2.05) is 27.7 Å². The number of nitrogens with zero attached hydrogens (tertiary/aromatic N) is 2. The van der Waals surface area contributed by atoms with Crippen molar-refractivity contribution in [1.29, 1.82) is 0 Å². The van der Waals surface area contributed by atoms with Crippen LogP contribution in [0.15, 0.2) is 24.4 Å². The molecule has 0 bridgehead atoms. The summed E-state index contributed by atoms with van der Waals surface area (Å²) in [5.41, 5.74) is 3.06. The van der Waals surface area contributed by atoms with Crippen molar-refractivity contribution in [2.24, 2.45) is 5.92 Å². The molecule has 0 unspecified atom stereocenters. The number of pyridine rings is 2. The largest absolute Gasteiger partial charge is 0.471 e. The van der Waals surface area contributed by atoms with E-state index >= 15 is 0 Å². The van der Waals surface area contributed by atoms with Gasteiger partial charge in [0.15, 0.2) is 6.61 Å². The summed E-state index contributed by atoms with van der Waals surface area (Å²) in [7, 11) is 0. The van der Waals surface area contributed by atoms with Gasteiger partial charge in [0, 0.05) is 47.6 Å². The predicted octanol–water partition coefficient (Wildman–Crippen LogP) is 4.25. The van der Waals surface area contributed by atoms with Crippen molar-refractivity contribution in [3.8, 4) is 5.88 Å². The van der Waals surface area contributed by atoms with Gasteiger partial charge in [-0.1, -0.05) is 27.7 Å². The van der Waals surface area contributed by atoms with Crippen molar-refractivity contribution >= 4 is 11.7 Å². The first-order valence-electron chi connectivity index (χ1n) is 10.2. The van der Waals surface area contributed by atoms with Crippen LogP contribution in [0.3, 0.4) is 0 Å². The fourth-order valence-electron chi connectivity index (χ4n) is 2.91. The molecule has 1 amide bonds. The van der Waals surface area contributed by atoms with Crippen LogP contribution in [0.2, 0.25) is 0 Å². The quantitative estimate of drug-likeness (QED) is 0.606. The van der Waals surface area contributed by atoms with Gasteiger partial charge >= 0.3 is 0 Å². The molecule has 0 aliphatic heterocycles. The van der Waals surface area contributed by atoms with E-state index < -0.39 is 13.0 Å². The minimum Gasteiger partial charge on any atom is -0.471 e. The number of carbonyl (C=O) groups excluding carboxylic acids is 2. The van der Waals surface area contributed by atoms with Crippen LogP contribution in [0.1, 0.15) is 66.5 Å². The molecule has 8 heteroatoms. The van der Waals surface area contributed by atoms with Crippen molar-refractivity contribution < 1.29 is 23.1 Å². The van der Waals surface area contributed by atoms with Crippen LogP contribution in [0.25, 0.3) is 0 Å². The molecule has 31 heavy (non-hydrogen) atoms. The molecule has 0 radical (unpaired) electrons. The first-order valence-corrected chi connectivity index (χ1v) is 10.2. The van der Waals surface area contributed by atoms with Gasteiger partial charge in [-0.2, -0.15) is 0 Å². The van der Waals surface area contributed by atoms with Gasteiger partial charge in [0.05, 0.1) is 0 Å². The fourth-order valence-corrected chi connectivity index (χ4v) is 2.91. The number of amides is 1. The molecule has 2 heterocycles. The van der Waals surface area contributed by atoms with Gasteiger partial charge in [-0.25, -0.2) is 13.8 Å². The highest BCUT2D eigenvalue weighted by Crippen LogP contribution is 2.25. The number of hydrogen-bond donors (Lipinski definition) is 1. The fraction of sp³-hybridized carbons (Fsp3) is 0.478. The molecule has 2 rings (SSSR count). The summed E-state index contributed by atoms with van der Waals surface area (Å²) in [6.07, 6.45) is -0.899. The van der Waals surface area contributed by atoms with E-state index in [2.05, 4.69) is 15.3 Å². The maximum atomic E-state index is 12.7. The molecule has 6 nitrogen and oxygen atoms in total. The second-order valence-electron chi connectivity index (χ2n) is 8.06. The van der Waals surface area contributed by atoms with Crippen molar-refractivity contribution in [3.05, 3.63) is 52.5 Å². The number of aryl methyl sites for hydroxylation is 1. The lowest BCUT2D eigenvalue weighted by atomic mass is 10.0. The Balaban J connectivity index is 2.10. The van der Waals surface area contributed by atoms with Gasteiger partial charge in [-0.05, 0) is 36.6 Å². The Morgan fingerprint density at radius 2 is 1.84 bits per heavy atom. The highest BCUT2D eigenvalue weighted by atomic mass is 19.3. The zero-order chi connectivity index (χ0) is 23.1. The average Bonchev–Trinajstić information content (AvgIpc) is 2.69. The number of alkyl halides is 2. The minimum atomic E-state index is -2.58. The molecule has 1 N–H and O–H groups in total. The molecule has 0 atom stereocenters. The number of Topliss-reactive ketones (excluding diaryl/α,β-unsaturated/α-hetero) is 1. The minimum absolute atomic E-state index is 0.0136. The Kier molecular flexibility index (Phi) is 8.59. The summed E-state index contributed by atoms with van der Waals surface area (Å²) in [5.74, 6) is -0.150. The van der Waals surface area contributed by atoms with Crippen molar-refractivity contribution in [1.82, 2.24) is 15.3 Å². The van der Waals surface area contributed by atoms with E-state index in [0.29, 0.717) is 22.5 Å².